The van der Waals surface area contributed by atoms with E-state index in [-0.39, 0.29) is 11.8 Å². The first-order chi connectivity index (χ1) is 12.6. The van der Waals surface area contributed by atoms with Crippen LogP contribution in [0.1, 0.15) is 31.9 Å². The van der Waals surface area contributed by atoms with Gasteiger partial charge in [-0.25, -0.2) is 0 Å². The van der Waals surface area contributed by atoms with Crippen LogP contribution in [0, 0.1) is 13.8 Å². The molecule has 1 heterocycles. The van der Waals surface area contributed by atoms with Crippen molar-refractivity contribution in [1.82, 2.24) is 0 Å². The molecule has 1 aliphatic rings. The highest BCUT2D eigenvalue weighted by atomic mass is 35.5. The molecule has 2 amide bonds. The summed E-state index contributed by atoms with van der Waals surface area (Å²) in [5.41, 5.74) is 2.24. The zero-order valence-electron chi connectivity index (χ0n) is 16.1. The third kappa shape index (κ3) is 3.52. The fraction of sp³-hybridized carbons (Fsp3) is 0.333. The maximum Gasteiger partial charge on any atom is 0.271 e. The molecule has 6 heteroatoms. The van der Waals surface area contributed by atoms with Crippen molar-refractivity contribution in [1.29, 1.82) is 0 Å². The van der Waals surface area contributed by atoms with Gasteiger partial charge >= 0.3 is 0 Å². The summed E-state index contributed by atoms with van der Waals surface area (Å²) in [7, 11) is 0. The lowest BCUT2D eigenvalue weighted by atomic mass is 10.0. The molecule has 0 bridgehead atoms. The summed E-state index contributed by atoms with van der Waals surface area (Å²) in [5, 5.41) is 3.40. The fourth-order valence-electron chi connectivity index (χ4n) is 3.11. The van der Waals surface area contributed by atoms with Crippen molar-refractivity contribution < 1.29 is 14.3 Å². The lowest BCUT2D eigenvalue weighted by Gasteiger charge is -2.41. The fourth-order valence-corrected chi connectivity index (χ4v) is 3.27. The van der Waals surface area contributed by atoms with Crippen LogP contribution >= 0.6 is 11.6 Å². The quantitative estimate of drug-likeness (QED) is 0.845. The van der Waals surface area contributed by atoms with E-state index < -0.39 is 11.6 Å². The molecule has 0 saturated carbocycles. The van der Waals surface area contributed by atoms with Crippen molar-refractivity contribution in [3.8, 4) is 5.75 Å². The summed E-state index contributed by atoms with van der Waals surface area (Å²) in [6.45, 7) is 9.02. The molecule has 0 saturated heterocycles. The van der Waals surface area contributed by atoms with Crippen molar-refractivity contribution in [3.05, 3.63) is 52.5 Å². The highest BCUT2D eigenvalue weighted by Gasteiger charge is 2.44. The van der Waals surface area contributed by atoms with Crippen LogP contribution in [0.5, 0.6) is 5.75 Å². The molecule has 27 heavy (non-hydrogen) atoms. The molecule has 0 aliphatic carbocycles. The minimum absolute atomic E-state index is 0.277. The van der Waals surface area contributed by atoms with Crippen LogP contribution in [-0.2, 0) is 9.59 Å². The zero-order chi connectivity index (χ0) is 19.9. The summed E-state index contributed by atoms with van der Waals surface area (Å²) < 4.78 is 5.82. The topological polar surface area (TPSA) is 58.6 Å². The third-order valence-electron chi connectivity index (χ3n) is 4.91. The maximum atomic E-state index is 13.0. The minimum atomic E-state index is -1.07. The van der Waals surface area contributed by atoms with Gasteiger partial charge in [0.2, 0.25) is 5.91 Å². The number of fused-ring (bicyclic) bond motifs is 1. The first-order valence-corrected chi connectivity index (χ1v) is 9.19. The molecule has 3 rings (SSSR count). The third-order valence-corrected chi connectivity index (χ3v) is 5.14. The normalized spacial score (nSPS) is 16.4. The predicted octanol–water partition coefficient (Wildman–Crippen LogP) is 4.49. The second kappa shape index (κ2) is 6.89. The van der Waals surface area contributed by atoms with Crippen LogP contribution in [0.25, 0.3) is 0 Å². The number of amides is 2. The van der Waals surface area contributed by atoms with E-state index in [0.29, 0.717) is 16.5 Å². The van der Waals surface area contributed by atoms with Crippen molar-refractivity contribution in [2.75, 3.05) is 10.2 Å². The van der Waals surface area contributed by atoms with Gasteiger partial charge in [0.1, 0.15) is 11.8 Å². The number of hydrogen-bond donors (Lipinski definition) is 1. The molecule has 2 aromatic rings. The number of rotatable bonds is 3. The van der Waals surface area contributed by atoms with Gasteiger partial charge in [-0.1, -0.05) is 23.7 Å². The highest BCUT2D eigenvalue weighted by Crippen LogP contribution is 2.40. The van der Waals surface area contributed by atoms with Crippen LogP contribution in [0.3, 0.4) is 0 Å². The van der Waals surface area contributed by atoms with Gasteiger partial charge in [-0.2, -0.15) is 0 Å². The van der Waals surface area contributed by atoms with Crippen LogP contribution in [-0.4, -0.2) is 23.5 Å². The van der Waals surface area contributed by atoms with Crippen LogP contribution in [0.2, 0.25) is 5.02 Å². The molecule has 5 nitrogen and oxygen atoms in total. The van der Waals surface area contributed by atoms with Crippen LogP contribution in [0.4, 0.5) is 11.4 Å². The first-order valence-electron chi connectivity index (χ1n) is 8.81. The number of halogens is 1. The van der Waals surface area contributed by atoms with Crippen LogP contribution < -0.4 is 15.0 Å². The monoisotopic (exact) mass is 386 g/mol. The van der Waals surface area contributed by atoms with Crippen molar-refractivity contribution in [2.45, 2.75) is 46.3 Å². The van der Waals surface area contributed by atoms with Crippen molar-refractivity contribution in [3.63, 3.8) is 0 Å². The Balaban J connectivity index is 1.96. The van der Waals surface area contributed by atoms with Gasteiger partial charge < -0.3 is 10.1 Å². The second-order valence-corrected chi connectivity index (χ2v) is 7.75. The summed E-state index contributed by atoms with van der Waals surface area (Å²) in [5.74, 6) is -0.0445. The number of nitrogens with zero attached hydrogens (tertiary/aromatic N) is 1. The predicted molar refractivity (Wildman–Crippen MR) is 108 cm³/mol. The molecule has 0 fully saturated rings. The molecule has 0 aromatic heterocycles. The van der Waals surface area contributed by atoms with Gasteiger partial charge in [0.15, 0.2) is 5.60 Å². The van der Waals surface area contributed by atoms with E-state index in [1.165, 1.54) is 4.90 Å². The number of aryl methyl sites for hydroxylation is 1. The Bertz CT molecular complexity index is 924. The molecule has 2 aromatic carbocycles. The summed E-state index contributed by atoms with van der Waals surface area (Å²) in [6, 6.07) is 10.0. The molecule has 1 N–H and O–H groups in total. The second-order valence-electron chi connectivity index (χ2n) is 7.31. The molecular weight excluding hydrogens is 364 g/mol. The van der Waals surface area contributed by atoms with E-state index in [1.54, 1.807) is 39.0 Å². The Kier molecular flexibility index (Phi) is 4.91. The summed E-state index contributed by atoms with van der Waals surface area (Å²) in [4.78, 5) is 27.4. The van der Waals surface area contributed by atoms with E-state index in [4.69, 9.17) is 16.3 Å². The number of anilines is 2. The standard InChI is InChI=1S/C21H23ClN2O3/c1-12-7-6-8-16(13(12)2)23-19(25)14(3)24-17-11-15(22)9-10-18(17)27-21(4,5)20(24)26/h6-11,14H,1-5H3,(H,23,25). The van der Waals surface area contributed by atoms with E-state index in [1.807, 2.05) is 32.0 Å². The number of hydrogen-bond acceptors (Lipinski definition) is 3. The Hall–Kier alpha value is -2.53. The minimum Gasteiger partial charge on any atom is -0.476 e. The number of carbonyl (C=O) groups is 2. The smallest absolute Gasteiger partial charge is 0.271 e. The van der Waals surface area contributed by atoms with E-state index >= 15 is 0 Å². The first kappa shape index (κ1) is 19.2. The van der Waals surface area contributed by atoms with Gasteiger partial charge in [0.05, 0.1) is 5.69 Å². The number of carbonyl (C=O) groups excluding carboxylic acids is 2. The van der Waals surface area contributed by atoms with Gasteiger partial charge in [0.25, 0.3) is 5.91 Å². The average molecular weight is 387 g/mol. The SMILES string of the molecule is Cc1cccc(NC(=O)C(C)N2C(=O)C(C)(C)Oc3ccc(Cl)cc32)c1C. The lowest BCUT2D eigenvalue weighted by molar-refractivity contribution is -0.134. The average Bonchev–Trinajstić information content (AvgIpc) is 2.60. The van der Waals surface area contributed by atoms with Crippen molar-refractivity contribution in [2.24, 2.45) is 0 Å². The Morgan fingerprint density at radius 2 is 1.93 bits per heavy atom. The Labute approximate surface area is 164 Å². The van der Waals surface area contributed by atoms with E-state index in [0.717, 1.165) is 16.8 Å². The van der Waals surface area contributed by atoms with Gasteiger partial charge in [-0.15, -0.1) is 0 Å². The number of ether oxygens (including phenoxy) is 1. The lowest BCUT2D eigenvalue weighted by Crippen LogP contribution is -2.57. The van der Waals surface area contributed by atoms with E-state index in [2.05, 4.69) is 5.32 Å². The van der Waals surface area contributed by atoms with Gasteiger partial charge in [-0.3, -0.25) is 14.5 Å². The molecule has 142 valence electrons. The van der Waals surface area contributed by atoms with Gasteiger partial charge in [-0.05, 0) is 70.0 Å². The molecule has 1 unspecified atom stereocenters. The molecule has 0 spiro atoms. The molecule has 0 radical (unpaired) electrons. The number of nitrogens with one attached hydrogen (secondary N) is 1. The van der Waals surface area contributed by atoms with E-state index in [9.17, 15) is 9.59 Å². The molecular formula is C21H23ClN2O3. The summed E-state index contributed by atoms with van der Waals surface area (Å²) >= 11 is 6.12. The molecule has 1 aliphatic heterocycles. The zero-order valence-corrected chi connectivity index (χ0v) is 16.8. The largest absolute Gasteiger partial charge is 0.476 e. The Morgan fingerprint density at radius 3 is 2.63 bits per heavy atom. The highest BCUT2D eigenvalue weighted by molar-refractivity contribution is 6.31. The van der Waals surface area contributed by atoms with Crippen LogP contribution in [0.15, 0.2) is 36.4 Å². The summed E-state index contributed by atoms with van der Waals surface area (Å²) in [6.07, 6.45) is 0. The number of benzene rings is 2. The van der Waals surface area contributed by atoms with Crippen molar-refractivity contribution >= 4 is 34.8 Å². The van der Waals surface area contributed by atoms with Gasteiger partial charge in [0, 0.05) is 10.7 Å². The maximum absolute atomic E-state index is 13.0. The molecule has 1 atom stereocenters. The Morgan fingerprint density at radius 1 is 1.22 bits per heavy atom.